The molecule has 1 saturated heterocycles. The van der Waals surface area contributed by atoms with E-state index in [1.165, 1.54) is 5.56 Å². The summed E-state index contributed by atoms with van der Waals surface area (Å²) in [5.74, 6) is 0. The third kappa shape index (κ3) is 4.01. The summed E-state index contributed by atoms with van der Waals surface area (Å²) >= 11 is 6.06. The number of halogens is 1. The van der Waals surface area contributed by atoms with Crippen LogP contribution in [0.4, 0.5) is 6.01 Å². The van der Waals surface area contributed by atoms with E-state index in [0.29, 0.717) is 11.0 Å². The van der Waals surface area contributed by atoms with Crippen molar-refractivity contribution in [3.63, 3.8) is 0 Å². The molecule has 1 fully saturated rings. The van der Waals surface area contributed by atoms with Gasteiger partial charge < -0.3 is 14.6 Å². The number of nitrogens with one attached hydrogen (secondary N) is 1. The SMILES string of the molecule is CN1CCN(C[C@H](Nc2nc3cc(Cl)ccc3o2)c2ccccc2)CC1. The number of hydrogen-bond acceptors (Lipinski definition) is 5. The number of hydrogen-bond donors (Lipinski definition) is 1. The Morgan fingerprint density at radius 3 is 2.65 bits per heavy atom. The lowest BCUT2D eigenvalue weighted by Gasteiger charge is -2.34. The average molecular weight is 371 g/mol. The van der Waals surface area contributed by atoms with Gasteiger partial charge in [0.25, 0.3) is 6.01 Å². The van der Waals surface area contributed by atoms with Gasteiger partial charge in [-0.15, -0.1) is 0 Å². The summed E-state index contributed by atoms with van der Waals surface area (Å²) in [6, 6.07) is 16.6. The van der Waals surface area contributed by atoms with Crippen molar-refractivity contribution < 1.29 is 4.42 Å². The summed E-state index contributed by atoms with van der Waals surface area (Å²) in [6.45, 7) is 5.26. The van der Waals surface area contributed by atoms with E-state index in [9.17, 15) is 0 Å². The van der Waals surface area contributed by atoms with E-state index in [4.69, 9.17) is 16.0 Å². The molecule has 1 atom stereocenters. The summed E-state index contributed by atoms with van der Waals surface area (Å²) in [4.78, 5) is 9.41. The van der Waals surface area contributed by atoms with Crippen molar-refractivity contribution in [3.05, 3.63) is 59.1 Å². The summed E-state index contributed by atoms with van der Waals surface area (Å²) < 4.78 is 5.87. The van der Waals surface area contributed by atoms with Crippen LogP contribution < -0.4 is 5.32 Å². The van der Waals surface area contributed by atoms with E-state index in [2.05, 4.69) is 51.4 Å². The fraction of sp³-hybridized carbons (Fsp3) is 0.350. The molecule has 4 rings (SSSR count). The topological polar surface area (TPSA) is 44.5 Å². The highest BCUT2D eigenvalue weighted by Crippen LogP contribution is 2.26. The largest absolute Gasteiger partial charge is 0.424 e. The molecule has 0 aliphatic carbocycles. The van der Waals surface area contributed by atoms with E-state index in [-0.39, 0.29) is 6.04 Å². The number of benzene rings is 2. The second-order valence-corrected chi connectivity index (χ2v) is 7.28. The second-order valence-electron chi connectivity index (χ2n) is 6.84. The molecule has 2 heterocycles. The molecule has 136 valence electrons. The van der Waals surface area contributed by atoms with Gasteiger partial charge in [-0.05, 0) is 30.8 Å². The summed E-state index contributed by atoms with van der Waals surface area (Å²) in [5.41, 5.74) is 2.74. The van der Waals surface area contributed by atoms with Crippen LogP contribution in [0.1, 0.15) is 11.6 Å². The fourth-order valence-electron chi connectivity index (χ4n) is 3.32. The summed E-state index contributed by atoms with van der Waals surface area (Å²) in [6.07, 6.45) is 0. The zero-order valence-electron chi connectivity index (χ0n) is 14.9. The number of piperazine rings is 1. The highest BCUT2D eigenvalue weighted by molar-refractivity contribution is 6.31. The highest BCUT2D eigenvalue weighted by atomic mass is 35.5. The van der Waals surface area contributed by atoms with E-state index < -0.39 is 0 Å². The van der Waals surface area contributed by atoms with Crippen molar-refractivity contribution in [2.24, 2.45) is 0 Å². The Kier molecular flexibility index (Phi) is 5.11. The van der Waals surface area contributed by atoms with Crippen molar-refractivity contribution >= 4 is 28.7 Å². The number of aromatic nitrogens is 1. The average Bonchev–Trinajstić information content (AvgIpc) is 3.05. The van der Waals surface area contributed by atoms with Crippen LogP contribution in [0, 0.1) is 0 Å². The van der Waals surface area contributed by atoms with Gasteiger partial charge in [-0.1, -0.05) is 41.9 Å². The minimum absolute atomic E-state index is 0.114. The Morgan fingerprint density at radius 2 is 1.88 bits per heavy atom. The molecule has 0 saturated carbocycles. The molecule has 0 bridgehead atoms. The predicted molar refractivity (Wildman–Crippen MR) is 106 cm³/mol. The lowest BCUT2D eigenvalue weighted by Crippen LogP contribution is -2.46. The third-order valence-corrected chi connectivity index (χ3v) is 5.12. The van der Waals surface area contributed by atoms with Crippen LogP contribution in [-0.4, -0.2) is 54.6 Å². The lowest BCUT2D eigenvalue weighted by atomic mass is 10.1. The van der Waals surface area contributed by atoms with Gasteiger partial charge in [0.1, 0.15) is 5.52 Å². The number of oxazole rings is 1. The maximum absolute atomic E-state index is 6.06. The fourth-order valence-corrected chi connectivity index (χ4v) is 3.49. The van der Waals surface area contributed by atoms with Crippen molar-refractivity contribution in [3.8, 4) is 0 Å². The first-order valence-corrected chi connectivity index (χ1v) is 9.34. The maximum Gasteiger partial charge on any atom is 0.296 e. The summed E-state index contributed by atoms with van der Waals surface area (Å²) in [5, 5.41) is 4.15. The molecule has 1 aromatic heterocycles. The first-order valence-electron chi connectivity index (χ1n) is 8.96. The Hall–Kier alpha value is -2.08. The van der Waals surface area contributed by atoms with Gasteiger partial charge in [-0.2, -0.15) is 4.98 Å². The zero-order chi connectivity index (χ0) is 17.9. The third-order valence-electron chi connectivity index (χ3n) is 4.89. The quantitative estimate of drug-likeness (QED) is 0.738. The number of rotatable bonds is 5. The van der Waals surface area contributed by atoms with Crippen molar-refractivity contribution in [2.45, 2.75) is 6.04 Å². The van der Waals surface area contributed by atoms with Crippen LogP contribution in [0.5, 0.6) is 0 Å². The van der Waals surface area contributed by atoms with Crippen LogP contribution in [0.2, 0.25) is 5.02 Å². The molecule has 3 aromatic rings. The van der Waals surface area contributed by atoms with Crippen LogP contribution >= 0.6 is 11.6 Å². The lowest BCUT2D eigenvalue weighted by molar-refractivity contribution is 0.149. The molecule has 1 aliphatic heterocycles. The van der Waals surface area contributed by atoms with Gasteiger partial charge in [-0.25, -0.2) is 0 Å². The molecule has 26 heavy (non-hydrogen) atoms. The molecular formula is C20H23ClN4O. The van der Waals surface area contributed by atoms with E-state index in [0.717, 1.165) is 43.8 Å². The van der Waals surface area contributed by atoms with E-state index in [1.54, 1.807) is 0 Å². The molecule has 0 radical (unpaired) electrons. The Labute approximate surface area is 158 Å². The molecule has 1 N–H and O–H groups in total. The van der Waals surface area contributed by atoms with Gasteiger partial charge in [0.15, 0.2) is 5.58 Å². The monoisotopic (exact) mass is 370 g/mol. The first-order chi connectivity index (χ1) is 12.7. The maximum atomic E-state index is 6.06. The van der Waals surface area contributed by atoms with E-state index in [1.807, 2.05) is 24.3 Å². The number of nitrogens with zero attached hydrogens (tertiary/aromatic N) is 3. The number of likely N-dealkylation sites (N-methyl/N-ethyl adjacent to an activating group) is 1. The van der Waals surface area contributed by atoms with Crippen molar-refractivity contribution in [1.82, 2.24) is 14.8 Å². The molecule has 5 nitrogen and oxygen atoms in total. The normalized spacial score (nSPS) is 17.5. The number of fused-ring (bicyclic) bond motifs is 1. The summed E-state index contributed by atoms with van der Waals surface area (Å²) in [7, 11) is 2.17. The minimum Gasteiger partial charge on any atom is -0.424 e. The molecule has 0 spiro atoms. The molecule has 6 heteroatoms. The van der Waals surface area contributed by atoms with Crippen LogP contribution in [0.15, 0.2) is 52.9 Å². The van der Waals surface area contributed by atoms with Crippen LogP contribution in [0.3, 0.4) is 0 Å². The number of anilines is 1. The highest BCUT2D eigenvalue weighted by Gasteiger charge is 2.21. The minimum atomic E-state index is 0.114. The Bertz CT molecular complexity index is 859. The van der Waals surface area contributed by atoms with E-state index >= 15 is 0 Å². The van der Waals surface area contributed by atoms with Gasteiger partial charge >= 0.3 is 0 Å². The van der Waals surface area contributed by atoms with Gasteiger partial charge in [0.05, 0.1) is 6.04 Å². The van der Waals surface area contributed by atoms with Gasteiger partial charge in [0, 0.05) is 37.7 Å². The van der Waals surface area contributed by atoms with Crippen molar-refractivity contribution in [1.29, 1.82) is 0 Å². The van der Waals surface area contributed by atoms with Crippen LogP contribution in [-0.2, 0) is 0 Å². The predicted octanol–water partition coefficient (Wildman–Crippen LogP) is 3.88. The van der Waals surface area contributed by atoms with Crippen molar-refractivity contribution in [2.75, 3.05) is 45.1 Å². The molecule has 2 aromatic carbocycles. The van der Waals surface area contributed by atoms with Gasteiger partial charge in [0.2, 0.25) is 0 Å². The smallest absolute Gasteiger partial charge is 0.296 e. The molecule has 1 aliphatic rings. The second kappa shape index (κ2) is 7.66. The molecule has 0 unspecified atom stereocenters. The standard InChI is InChI=1S/C20H23ClN4O/c1-24-9-11-25(12-10-24)14-18(15-5-3-2-4-6-15)23-20-22-17-13-16(21)7-8-19(17)26-20/h2-8,13,18H,9-12,14H2,1H3,(H,22,23)/t18-/m0/s1. The first kappa shape index (κ1) is 17.3. The Morgan fingerprint density at radius 1 is 1.12 bits per heavy atom. The van der Waals surface area contributed by atoms with Gasteiger partial charge in [-0.3, -0.25) is 4.90 Å². The van der Waals surface area contributed by atoms with Crippen LogP contribution in [0.25, 0.3) is 11.1 Å². The Balaban J connectivity index is 1.55. The molecular weight excluding hydrogens is 348 g/mol. The molecule has 0 amide bonds. The zero-order valence-corrected chi connectivity index (χ0v) is 15.6.